The number of hydrogen-bond donors (Lipinski definition) is 0. The van der Waals surface area contributed by atoms with E-state index in [1.165, 1.54) is 0 Å². The van der Waals surface area contributed by atoms with E-state index in [0.717, 1.165) is 0 Å². The summed E-state index contributed by atoms with van der Waals surface area (Å²) in [6, 6.07) is 0. The largest absolute Gasteiger partial charge is 0.549 e. The van der Waals surface area contributed by atoms with Gasteiger partial charge in [0.05, 0.1) is 6.26 Å². The van der Waals surface area contributed by atoms with Crippen LogP contribution in [0.5, 0.6) is 0 Å². The Kier molecular flexibility index (Phi) is 4.19. The Hall–Kier alpha value is -0.503. The van der Waals surface area contributed by atoms with Gasteiger partial charge in [-0.3, -0.25) is 0 Å². The van der Waals surface area contributed by atoms with Gasteiger partial charge in [-0.2, -0.15) is 0 Å². The second kappa shape index (κ2) is 4.39. The highest BCUT2D eigenvalue weighted by Gasteiger charge is 2.26. The minimum Gasteiger partial charge on any atom is -0.549 e. The maximum atomic E-state index is 5.62. The molecule has 2 heteroatoms. The lowest BCUT2D eigenvalue weighted by atomic mass is 10.6. The van der Waals surface area contributed by atoms with Gasteiger partial charge >= 0.3 is 0 Å². The summed E-state index contributed by atoms with van der Waals surface area (Å²) in [5, 5.41) is 0. The van der Waals surface area contributed by atoms with Crippen molar-refractivity contribution in [2.24, 2.45) is 0 Å². The molecule has 0 aromatic rings. The summed E-state index contributed by atoms with van der Waals surface area (Å²) in [7, 11) is -1.45. The number of hydrogen-bond acceptors (Lipinski definition) is 1. The van der Waals surface area contributed by atoms with Crippen LogP contribution in [0.2, 0.25) is 18.6 Å². The van der Waals surface area contributed by atoms with Gasteiger partial charge in [-0.05, 0) is 24.7 Å². The van der Waals surface area contributed by atoms with Crippen molar-refractivity contribution in [3.63, 3.8) is 0 Å². The molecular formula is C9H18OSi. The fraction of sp³-hybridized carbons (Fsp3) is 0.556. The molecule has 0 spiro atoms. The fourth-order valence-electron chi connectivity index (χ4n) is 0.406. The van der Waals surface area contributed by atoms with Gasteiger partial charge in [0.2, 0.25) is 8.32 Å². The van der Waals surface area contributed by atoms with Crippen molar-refractivity contribution in [2.75, 3.05) is 0 Å². The second-order valence-electron chi connectivity index (χ2n) is 3.44. The summed E-state index contributed by atoms with van der Waals surface area (Å²) >= 11 is 0. The van der Waals surface area contributed by atoms with Gasteiger partial charge in [-0.25, -0.2) is 0 Å². The van der Waals surface area contributed by atoms with Crippen molar-refractivity contribution in [1.82, 2.24) is 0 Å². The van der Waals surface area contributed by atoms with Crippen LogP contribution in [0.3, 0.4) is 0 Å². The summed E-state index contributed by atoms with van der Waals surface area (Å²) in [5.74, 6) is 0. The molecule has 64 valence electrons. The maximum absolute atomic E-state index is 5.62. The van der Waals surface area contributed by atoms with Crippen LogP contribution >= 0.6 is 0 Å². The smallest absolute Gasteiger partial charge is 0.246 e. The van der Waals surface area contributed by atoms with Crippen LogP contribution < -0.4 is 0 Å². The molecule has 0 unspecified atom stereocenters. The molecular weight excluding hydrogens is 152 g/mol. The summed E-state index contributed by atoms with van der Waals surface area (Å²) in [5.41, 5.74) is 0.650. The van der Waals surface area contributed by atoms with Gasteiger partial charge in [0.15, 0.2) is 0 Å². The van der Waals surface area contributed by atoms with Crippen molar-refractivity contribution in [3.8, 4) is 0 Å². The Labute approximate surface area is 70.9 Å². The zero-order valence-electron chi connectivity index (χ0n) is 7.92. The maximum Gasteiger partial charge on any atom is 0.246 e. The topological polar surface area (TPSA) is 9.23 Å². The molecule has 1 nitrogen and oxygen atoms in total. The highest BCUT2D eigenvalue weighted by atomic mass is 28.4. The van der Waals surface area contributed by atoms with Crippen molar-refractivity contribution in [1.29, 1.82) is 0 Å². The molecule has 0 rings (SSSR count). The lowest BCUT2D eigenvalue weighted by Crippen LogP contribution is -2.31. The zero-order chi connectivity index (χ0) is 8.91. The van der Waals surface area contributed by atoms with Crippen molar-refractivity contribution in [2.45, 2.75) is 32.5 Å². The molecule has 0 atom stereocenters. The molecule has 11 heavy (non-hydrogen) atoms. The molecule has 0 radical (unpaired) electrons. The number of rotatable bonds is 4. The molecule has 0 aromatic heterocycles. The third-order valence-corrected chi connectivity index (χ3v) is 5.50. The minimum absolute atomic E-state index is 0.650. The van der Waals surface area contributed by atoms with E-state index in [1.807, 2.05) is 6.08 Å². The first kappa shape index (κ1) is 10.5. The molecule has 0 saturated carbocycles. The van der Waals surface area contributed by atoms with Crippen LogP contribution in [-0.4, -0.2) is 8.32 Å². The van der Waals surface area contributed by atoms with E-state index in [4.69, 9.17) is 4.43 Å². The van der Waals surface area contributed by atoms with E-state index in [2.05, 4.69) is 33.5 Å². The van der Waals surface area contributed by atoms with Crippen molar-refractivity contribution >= 4 is 8.32 Å². The standard InChI is InChI=1S/C9H18OSi/c1-6-7-8-10-11(4,5)9(2)3/h6-9H,1H2,2-5H3/b8-7+. The van der Waals surface area contributed by atoms with Gasteiger partial charge < -0.3 is 4.43 Å². The van der Waals surface area contributed by atoms with E-state index in [9.17, 15) is 0 Å². The monoisotopic (exact) mass is 170 g/mol. The predicted octanol–water partition coefficient (Wildman–Crippen LogP) is 3.32. The second-order valence-corrected chi connectivity index (χ2v) is 8.04. The summed E-state index contributed by atoms with van der Waals surface area (Å²) in [6.07, 6.45) is 5.31. The van der Waals surface area contributed by atoms with Crippen LogP contribution in [0.4, 0.5) is 0 Å². The third-order valence-electron chi connectivity index (χ3n) is 1.98. The van der Waals surface area contributed by atoms with E-state index in [0.29, 0.717) is 5.54 Å². The Balaban J connectivity index is 3.91. The van der Waals surface area contributed by atoms with E-state index in [-0.39, 0.29) is 0 Å². The molecule has 0 bridgehead atoms. The molecule has 0 N–H and O–H groups in total. The number of allylic oxidation sites excluding steroid dienone is 2. The lowest BCUT2D eigenvalue weighted by Gasteiger charge is -2.25. The van der Waals surface area contributed by atoms with Crippen molar-refractivity contribution < 1.29 is 4.43 Å². The molecule has 0 amide bonds. The Morgan fingerprint density at radius 1 is 1.36 bits per heavy atom. The summed E-state index contributed by atoms with van der Waals surface area (Å²) < 4.78 is 5.62. The average Bonchev–Trinajstić information content (AvgIpc) is 1.88. The first-order valence-electron chi connectivity index (χ1n) is 3.96. The Bertz CT molecular complexity index is 148. The summed E-state index contributed by atoms with van der Waals surface area (Å²) in [4.78, 5) is 0. The Morgan fingerprint density at radius 2 is 1.91 bits per heavy atom. The van der Waals surface area contributed by atoms with E-state index < -0.39 is 8.32 Å². The molecule has 0 fully saturated rings. The van der Waals surface area contributed by atoms with E-state index in [1.54, 1.807) is 12.3 Å². The average molecular weight is 170 g/mol. The normalized spacial score (nSPS) is 12.5. The van der Waals surface area contributed by atoms with Crippen molar-refractivity contribution in [3.05, 3.63) is 25.0 Å². The highest BCUT2D eigenvalue weighted by Crippen LogP contribution is 2.21. The fourth-order valence-corrected chi connectivity index (χ4v) is 1.11. The SMILES string of the molecule is C=C/C=C/O[Si](C)(C)C(C)C. The van der Waals surface area contributed by atoms with E-state index >= 15 is 0 Å². The van der Waals surface area contributed by atoms with Gasteiger partial charge in [0.1, 0.15) is 0 Å². The first-order valence-corrected chi connectivity index (χ1v) is 6.94. The van der Waals surface area contributed by atoms with Crippen LogP contribution in [0.15, 0.2) is 25.0 Å². The highest BCUT2D eigenvalue weighted by molar-refractivity contribution is 6.72. The molecule has 0 aliphatic rings. The van der Waals surface area contributed by atoms with Crippen LogP contribution in [0, 0.1) is 0 Å². The predicted molar refractivity (Wildman–Crippen MR) is 53.0 cm³/mol. The molecule has 0 aliphatic heterocycles. The zero-order valence-corrected chi connectivity index (χ0v) is 8.92. The van der Waals surface area contributed by atoms with Crippen LogP contribution in [0.25, 0.3) is 0 Å². The first-order chi connectivity index (χ1) is 5.00. The van der Waals surface area contributed by atoms with Gasteiger partial charge in [0.25, 0.3) is 0 Å². The Morgan fingerprint density at radius 3 is 2.27 bits per heavy atom. The summed E-state index contributed by atoms with van der Waals surface area (Å²) in [6.45, 7) is 12.4. The minimum atomic E-state index is -1.45. The van der Waals surface area contributed by atoms with Crippen LogP contribution in [-0.2, 0) is 4.43 Å². The van der Waals surface area contributed by atoms with Crippen LogP contribution in [0.1, 0.15) is 13.8 Å². The van der Waals surface area contributed by atoms with Gasteiger partial charge in [-0.15, -0.1) is 0 Å². The quantitative estimate of drug-likeness (QED) is 0.357. The lowest BCUT2D eigenvalue weighted by molar-refractivity contribution is 0.460. The van der Waals surface area contributed by atoms with Gasteiger partial charge in [-0.1, -0.05) is 26.5 Å². The molecule has 0 saturated heterocycles. The molecule has 0 aromatic carbocycles. The molecule has 0 heterocycles. The molecule has 0 aliphatic carbocycles. The van der Waals surface area contributed by atoms with Gasteiger partial charge in [0, 0.05) is 0 Å². The third kappa shape index (κ3) is 4.04.